The molecule has 0 aromatic rings. The van der Waals surface area contributed by atoms with Crippen LogP contribution >= 0.6 is 0 Å². The lowest BCUT2D eigenvalue weighted by Gasteiger charge is -2.01. The van der Waals surface area contributed by atoms with Gasteiger partial charge in [0, 0.05) is 6.42 Å². The minimum atomic E-state index is 0.185. The van der Waals surface area contributed by atoms with Crippen LogP contribution in [0, 0.1) is 0 Å². The van der Waals surface area contributed by atoms with E-state index in [0.717, 1.165) is 13.0 Å². The van der Waals surface area contributed by atoms with E-state index in [1.807, 2.05) is 0 Å². The lowest BCUT2D eigenvalue weighted by atomic mass is 10.0. The van der Waals surface area contributed by atoms with E-state index in [0.29, 0.717) is 6.42 Å². The van der Waals surface area contributed by atoms with E-state index in [1.165, 1.54) is 63.9 Å². The topological polar surface area (TPSA) is 43.1 Å². The largest absolute Gasteiger partial charge is 0.330 e. The quantitative estimate of drug-likeness (QED) is 0.390. The Hall–Kier alpha value is -0.630. The molecule has 0 heterocycles. The van der Waals surface area contributed by atoms with Gasteiger partial charge in [-0.25, -0.2) is 0 Å². The zero-order valence-electron chi connectivity index (χ0n) is 11.3. The summed E-state index contributed by atoms with van der Waals surface area (Å²) in [4.78, 5) is 10.9. The van der Waals surface area contributed by atoms with Crippen molar-refractivity contribution in [1.82, 2.24) is 0 Å². The number of nitrogens with two attached hydrogens (primary N) is 1. The third kappa shape index (κ3) is 13.3. The number of carbonyl (C=O) groups excluding carboxylic acids is 1. The van der Waals surface area contributed by atoms with Crippen LogP contribution in [-0.4, -0.2) is 12.3 Å². The molecule has 0 aliphatic heterocycles. The molecule has 0 radical (unpaired) electrons. The van der Waals surface area contributed by atoms with Crippen LogP contribution in [-0.2, 0) is 4.79 Å². The van der Waals surface area contributed by atoms with Crippen molar-refractivity contribution in [2.45, 2.75) is 70.6 Å². The predicted molar refractivity (Wildman–Crippen MR) is 75.0 cm³/mol. The normalized spacial score (nSPS) is 10.4. The molecule has 0 aromatic heterocycles. The van der Waals surface area contributed by atoms with Gasteiger partial charge in [-0.05, 0) is 25.5 Å². The third-order valence-corrected chi connectivity index (χ3v) is 3.10. The van der Waals surface area contributed by atoms with Crippen molar-refractivity contribution in [2.75, 3.05) is 6.54 Å². The van der Waals surface area contributed by atoms with Crippen molar-refractivity contribution < 1.29 is 4.79 Å². The van der Waals surface area contributed by atoms with Crippen LogP contribution in [0.2, 0.25) is 0 Å². The van der Waals surface area contributed by atoms with Crippen molar-refractivity contribution >= 4 is 5.78 Å². The fourth-order valence-corrected chi connectivity index (χ4v) is 1.96. The minimum absolute atomic E-state index is 0.185. The molecule has 0 saturated carbocycles. The minimum Gasteiger partial charge on any atom is -0.330 e. The lowest BCUT2D eigenvalue weighted by Crippen LogP contribution is -1.97. The maximum absolute atomic E-state index is 10.9. The van der Waals surface area contributed by atoms with Gasteiger partial charge in [0.15, 0.2) is 5.78 Å². The van der Waals surface area contributed by atoms with E-state index in [1.54, 1.807) is 0 Å². The second kappa shape index (κ2) is 13.4. The molecule has 0 spiro atoms. The van der Waals surface area contributed by atoms with Crippen molar-refractivity contribution in [3.8, 4) is 0 Å². The predicted octanol–water partition coefficient (Wildman–Crippen LogP) is 3.99. The molecule has 0 bridgehead atoms. The molecule has 0 atom stereocenters. The summed E-state index contributed by atoms with van der Waals surface area (Å²) < 4.78 is 0. The zero-order valence-corrected chi connectivity index (χ0v) is 11.3. The molecule has 0 fully saturated rings. The average molecular weight is 239 g/mol. The molecule has 0 amide bonds. The molecule has 0 aliphatic carbocycles. The fraction of sp³-hybridized carbons (Fsp3) is 0.800. The number of allylic oxidation sites excluding steroid dienone is 1. The Bertz CT molecular complexity index is 189. The monoisotopic (exact) mass is 239 g/mol. The van der Waals surface area contributed by atoms with Gasteiger partial charge in [0.2, 0.25) is 0 Å². The first-order valence-corrected chi connectivity index (χ1v) is 7.16. The highest BCUT2D eigenvalue weighted by molar-refractivity contribution is 5.88. The summed E-state index contributed by atoms with van der Waals surface area (Å²) in [6.45, 7) is 4.31. The second-order valence-electron chi connectivity index (χ2n) is 4.74. The first-order chi connectivity index (χ1) is 8.31. The summed E-state index contributed by atoms with van der Waals surface area (Å²) in [6, 6.07) is 0. The molecule has 2 heteroatoms. The van der Waals surface area contributed by atoms with Gasteiger partial charge in [0.1, 0.15) is 0 Å². The molecule has 100 valence electrons. The number of ketones is 1. The van der Waals surface area contributed by atoms with Crippen molar-refractivity contribution in [2.24, 2.45) is 5.73 Å². The standard InChI is InChI=1S/C15H29NO/c1-2-15(17)13-11-9-7-5-3-4-6-8-10-12-14-16/h2H,1,3-14,16H2. The van der Waals surface area contributed by atoms with Gasteiger partial charge in [-0.1, -0.05) is 57.9 Å². The third-order valence-electron chi connectivity index (χ3n) is 3.10. The van der Waals surface area contributed by atoms with E-state index in [-0.39, 0.29) is 5.78 Å². The molecule has 2 N–H and O–H groups in total. The van der Waals surface area contributed by atoms with Gasteiger partial charge >= 0.3 is 0 Å². The molecule has 0 rings (SSSR count). The van der Waals surface area contributed by atoms with Gasteiger partial charge in [0.25, 0.3) is 0 Å². The first-order valence-electron chi connectivity index (χ1n) is 7.16. The van der Waals surface area contributed by atoms with E-state index in [4.69, 9.17) is 5.73 Å². The Labute approximate surface area is 107 Å². The van der Waals surface area contributed by atoms with Crippen LogP contribution in [0.3, 0.4) is 0 Å². The SMILES string of the molecule is C=CC(=O)CCCCCCCCCCCCN. The number of hydrogen-bond acceptors (Lipinski definition) is 2. The van der Waals surface area contributed by atoms with Crippen LogP contribution in [0.5, 0.6) is 0 Å². The maximum Gasteiger partial charge on any atom is 0.155 e. The van der Waals surface area contributed by atoms with Crippen molar-refractivity contribution in [3.63, 3.8) is 0 Å². The van der Waals surface area contributed by atoms with E-state index < -0.39 is 0 Å². The molecule has 2 nitrogen and oxygen atoms in total. The van der Waals surface area contributed by atoms with E-state index in [2.05, 4.69) is 6.58 Å². The number of carbonyl (C=O) groups is 1. The Balaban J connectivity index is 2.98. The lowest BCUT2D eigenvalue weighted by molar-refractivity contribution is -0.114. The molecule has 0 saturated heterocycles. The first kappa shape index (κ1) is 16.4. The summed E-state index contributed by atoms with van der Waals surface area (Å²) in [5, 5.41) is 0. The Morgan fingerprint density at radius 2 is 1.24 bits per heavy atom. The van der Waals surface area contributed by atoms with Crippen molar-refractivity contribution in [3.05, 3.63) is 12.7 Å². The van der Waals surface area contributed by atoms with Crippen molar-refractivity contribution in [1.29, 1.82) is 0 Å². The van der Waals surface area contributed by atoms with Gasteiger partial charge in [-0.2, -0.15) is 0 Å². The Morgan fingerprint density at radius 1 is 0.824 bits per heavy atom. The summed E-state index contributed by atoms with van der Waals surface area (Å²) in [7, 11) is 0. The fourth-order valence-electron chi connectivity index (χ4n) is 1.96. The molecule has 17 heavy (non-hydrogen) atoms. The molecular weight excluding hydrogens is 210 g/mol. The smallest absolute Gasteiger partial charge is 0.155 e. The highest BCUT2D eigenvalue weighted by atomic mass is 16.1. The molecule has 0 unspecified atom stereocenters. The Kier molecular flexibility index (Phi) is 12.9. The molecule has 0 aromatic carbocycles. The van der Waals surface area contributed by atoms with E-state index in [9.17, 15) is 4.79 Å². The van der Waals surface area contributed by atoms with Crippen LogP contribution in [0.4, 0.5) is 0 Å². The van der Waals surface area contributed by atoms with Crippen LogP contribution in [0.1, 0.15) is 70.6 Å². The highest BCUT2D eigenvalue weighted by Crippen LogP contribution is 2.11. The average Bonchev–Trinajstić information content (AvgIpc) is 2.35. The van der Waals surface area contributed by atoms with Gasteiger partial charge in [-0.15, -0.1) is 0 Å². The zero-order chi connectivity index (χ0) is 12.8. The molecular formula is C15H29NO. The highest BCUT2D eigenvalue weighted by Gasteiger charge is 1.96. The Morgan fingerprint density at radius 3 is 1.65 bits per heavy atom. The number of hydrogen-bond donors (Lipinski definition) is 1. The summed E-state index contributed by atoms with van der Waals surface area (Å²) in [5.41, 5.74) is 5.44. The second-order valence-corrected chi connectivity index (χ2v) is 4.74. The van der Waals surface area contributed by atoms with Gasteiger partial charge in [0.05, 0.1) is 0 Å². The number of unbranched alkanes of at least 4 members (excludes halogenated alkanes) is 9. The van der Waals surface area contributed by atoms with Gasteiger partial charge < -0.3 is 5.73 Å². The summed E-state index contributed by atoms with van der Waals surface area (Å²) in [6.07, 6.45) is 14.8. The molecule has 0 aliphatic rings. The van der Waals surface area contributed by atoms with Crippen LogP contribution in [0.15, 0.2) is 12.7 Å². The van der Waals surface area contributed by atoms with Crippen LogP contribution in [0.25, 0.3) is 0 Å². The van der Waals surface area contributed by atoms with E-state index >= 15 is 0 Å². The summed E-state index contributed by atoms with van der Waals surface area (Å²) in [5.74, 6) is 0.185. The van der Waals surface area contributed by atoms with Crippen LogP contribution < -0.4 is 5.73 Å². The number of rotatable bonds is 13. The van der Waals surface area contributed by atoms with Gasteiger partial charge in [-0.3, -0.25) is 4.79 Å². The maximum atomic E-state index is 10.9. The summed E-state index contributed by atoms with van der Waals surface area (Å²) >= 11 is 0.